The molecule has 0 aromatic carbocycles. The van der Waals surface area contributed by atoms with Gasteiger partial charge < -0.3 is 11.1 Å². The molecule has 1 aliphatic heterocycles. The predicted octanol–water partition coefficient (Wildman–Crippen LogP) is 0.713. The van der Waals surface area contributed by atoms with E-state index in [-0.39, 0.29) is 18.0 Å². The van der Waals surface area contributed by atoms with E-state index < -0.39 is 0 Å². The second-order valence-electron chi connectivity index (χ2n) is 4.76. The first-order chi connectivity index (χ1) is 7.60. The molecule has 1 heterocycles. The molecule has 16 heavy (non-hydrogen) atoms. The molecule has 0 radical (unpaired) electrons. The lowest BCUT2D eigenvalue weighted by molar-refractivity contribution is -0.126. The maximum absolute atomic E-state index is 12.0. The lowest BCUT2D eigenvalue weighted by atomic mass is 10.1. The van der Waals surface area contributed by atoms with Gasteiger partial charge in [-0.05, 0) is 39.7 Å². The van der Waals surface area contributed by atoms with Crippen molar-refractivity contribution in [3.63, 3.8) is 0 Å². The average molecular weight is 227 g/mol. The highest BCUT2D eigenvalue weighted by molar-refractivity contribution is 5.81. The molecule has 0 spiro atoms. The molecule has 3 unspecified atom stereocenters. The van der Waals surface area contributed by atoms with E-state index in [0.717, 1.165) is 25.8 Å². The fourth-order valence-electron chi connectivity index (χ4n) is 2.24. The van der Waals surface area contributed by atoms with Crippen LogP contribution in [-0.4, -0.2) is 42.0 Å². The number of hydrogen-bond donors (Lipinski definition) is 2. The van der Waals surface area contributed by atoms with Crippen molar-refractivity contribution >= 4 is 5.91 Å². The molecule has 3 N–H and O–H groups in total. The molecule has 0 aliphatic carbocycles. The number of amides is 1. The third kappa shape index (κ3) is 3.19. The van der Waals surface area contributed by atoms with Crippen LogP contribution < -0.4 is 11.1 Å². The summed E-state index contributed by atoms with van der Waals surface area (Å²) in [6.45, 7) is 7.74. The van der Waals surface area contributed by atoms with Crippen LogP contribution in [0.3, 0.4) is 0 Å². The summed E-state index contributed by atoms with van der Waals surface area (Å²) < 4.78 is 0. The van der Waals surface area contributed by atoms with Crippen molar-refractivity contribution in [1.29, 1.82) is 0 Å². The Bertz CT molecular complexity index is 232. The quantitative estimate of drug-likeness (QED) is 0.727. The molecule has 1 fully saturated rings. The van der Waals surface area contributed by atoms with E-state index in [1.807, 2.05) is 13.8 Å². The topological polar surface area (TPSA) is 58.4 Å². The van der Waals surface area contributed by atoms with E-state index >= 15 is 0 Å². The average Bonchev–Trinajstić information content (AvgIpc) is 2.75. The summed E-state index contributed by atoms with van der Waals surface area (Å²) in [4.78, 5) is 14.2. The molecule has 0 aromatic heterocycles. The van der Waals surface area contributed by atoms with E-state index in [1.165, 1.54) is 0 Å². The van der Waals surface area contributed by atoms with Crippen molar-refractivity contribution < 1.29 is 4.79 Å². The Kier molecular flexibility index (Phi) is 5.22. The van der Waals surface area contributed by atoms with E-state index in [2.05, 4.69) is 17.1 Å². The zero-order chi connectivity index (χ0) is 12.1. The first-order valence-electron chi connectivity index (χ1n) is 6.36. The lowest BCUT2D eigenvalue weighted by Gasteiger charge is -2.29. The summed E-state index contributed by atoms with van der Waals surface area (Å²) in [6.07, 6.45) is 3.25. The largest absolute Gasteiger partial charge is 0.352 e. The molecule has 1 rings (SSSR count). The summed E-state index contributed by atoms with van der Waals surface area (Å²) in [5.41, 5.74) is 5.72. The number of likely N-dealkylation sites (tertiary alicyclic amines) is 1. The molecule has 1 aliphatic rings. The molecule has 4 heteroatoms. The number of carbonyl (C=O) groups is 1. The van der Waals surface area contributed by atoms with Crippen LogP contribution >= 0.6 is 0 Å². The fraction of sp³-hybridized carbons (Fsp3) is 0.917. The zero-order valence-electron chi connectivity index (χ0n) is 10.7. The second-order valence-corrected chi connectivity index (χ2v) is 4.76. The Labute approximate surface area is 98.6 Å². The van der Waals surface area contributed by atoms with Gasteiger partial charge in [-0.3, -0.25) is 9.69 Å². The standard InChI is InChI=1S/C12H25N3O/c1-4-9(2)14-12(16)10(3)15-7-5-6-11(15)8-13/h9-11H,4-8,13H2,1-3H3,(H,14,16). The lowest BCUT2D eigenvalue weighted by Crippen LogP contribution is -2.50. The molecular formula is C12H25N3O. The van der Waals surface area contributed by atoms with Gasteiger partial charge in [0.2, 0.25) is 5.91 Å². The first-order valence-corrected chi connectivity index (χ1v) is 6.36. The third-order valence-electron chi connectivity index (χ3n) is 3.57. The van der Waals surface area contributed by atoms with Crippen LogP contribution in [0.1, 0.15) is 40.0 Å². The Morgan fingerprint density at radius 2 is 2.25 bits per heavy atom. The Balaban J connectivity index is 2.49. The van der Waals surface area contributed by atoms with Gasteiger partial charge in [-0.1, -0.05) is 6.92 Å². The molecule has 0 saturated carbocycles. The van der Waals surface area contributed by atoms with Crippen molar-refractivity contribution in [1.82, 2.24) is 10.2 Å². The normalized spacial score (nSPS) is 25.4. The van der Waals surface area contributed by atoms with Gasteiger partial charge in [0.1, 0.15) is 0 Å². The van der Waals surface area contributed by atoms with Crippen molar-refractivity contribution in [2.24, 2.45) is 5.73 Å². The van der Waals surface area contributed by atoms with Crippen molar-refractivity contribution in [3.8, 4) is 0 Å². The van der Waals surface area contributed by atoms with Gasteiger partial charge in [0, 0.05) is 18.6 Å². The zero-order valence-corrected chi connectivity index (χ0v) is 10.7. The van der Waals surface area contributed by atoms with E-state index in [4.69, 9.17) is 5.73 Å². The highest BCUT2D eigenvalue weighted by Gasteiger charge is 2.31. The van der Waals surface area contributed by atoms with Crippen molar-refractivity contribution in [2.45, 2.75) is 58.2 Å². The summed E-state index contributed by atoms with van der Waals surface area (Å²) in [5, 5.41) is 3.03. The van der Waals surface area contributed by atoms with Crippen LogP contribution in [0.25, 0.3) is 0 Å². The Morgan fingerprint density at radius 1 is 1.56 bits per heavy atom. The van der Waals surface area contributed by atoms with Gasteiger partial charge >= 0.3 is 0 Å². The van der Waals surface area contributed by atoms with Gasteiger partial charge in [-0.15, -0.1) is 0 Å². The SMILES string of the molecule is CCC(C)NC(=O)C(C)N1CCCC1CN. The van der Waals surface area contributed by atoms with Crippen LogP contribution in [0, 0.1) is 0 Å². The third-order valence-corrected chi connectivity index (χ3v) is 3.57. The number of rotatable bonds is 5. The minimum atomic E-state index is -0.0509. The monoisotopic (exact) mass is 227 g/mol. The summed E-state index contributed by atoms with van der Waals surface area (Å²) >= 11 is 0. The fourth-order valence-corrected chi connectivity index (χ4v) is 2.24. The van der Waals surface area contributed by atoms with Crippen molar-refractivity contribution in [2.75, 3.05) is 13.1 Å². The summed E-state index contributed by atoms with van der Waals surface area (Å²) in [6, 6.07) is 0.594. The first kappa shape index (κ1) is 13.5. The number of nitrogens with one attached hydrogen (secondary N) is 1. The molecule has 94 valence electrons. The second kappa shape index (κ2) is 6.21. The predicted molar refractivity (Wildman–Crippen MR) is 66.1 cm³/mol. The van der Waals surface area contributed by atoms with Gasteiger partial charge in [0.15, 0.2) is 0 Å². The summed E-state index contributed by atoms with van der Waals surface area (Å²) in [5.74, 6) is 0.134. The molecule has 1 amide bonds. The molecule has 3 atom stereocenters. The number of nitrogens with two attached hydrogens (primary N) is 1. The van der Waals surface area contributed by atoms with Gasteiger partial charge in [-0.2, -0.15) is 0 Å². The smallest absolute Gasteiger partial charge is 0.237 e. The minimum absolute atomic E-state index is 0.0509. The summed E-state index contributed by atoms with van der Waals surface area (Å²) in [7, 11) is 0. The van der Waals surface area contributed by atoms with Gasteiger partial charge in [-0.25, -0.2) is 0 Å². The van der Waals surface area contributed by atoms with E-state index in [9.17, 15) is 4.79 Å². The highest BCUT2D eigenvalue weighted by atomic mass is 16.2. The maximum Gasteiger partial charge on any atom is 0.237 e. The van der Waals surface area contributed by atoms with Crippen LogP contribution in [0.4, 0.5) is 0 Å². The van der Waals surface area contributed by atoms with Crippen LogP contribution in [0.15, 0.2) is 0 Å². The molecule has 0 aromatic rings. The molecule has 4 nitrogen and oxygen atoms in total. The molecule has 1 saturated heterocycles. The number of carbonyl (C=O) groups excluding carboxylic acids is 1. The van der Waals surface area contributed by atoms with Crippen LogP contribution in [-0.2, 0) is 4.79 Å². The van der Waals surface area contributed by atoms with Gasteiger partial charge in [0.25, 0.3) is 0 Å². The highest BCUT2D eigenvalue weighted by Crippen LogP contribution is 2.19. The van der Waals surface area contributed by atoms with Crippen LogP contribution in [0.2, 0.25) is 0 Å². The molecule has 0 bridgehead atoms. The maximum atomic E-state index is 12.0. The minimum Gasteiger partial charge on any atom is -0.352 e. The number of hydrogen-bond acceptors (Lipinski definition) is 3. The van der Waals surface area contributed by atoms with E-state index in [0.29, 0.717) is 12.6 Å². The Morgan fingerprint density at radius 3 is 2.81 bits per heavy atom. The van der Waals surface area contributed by atoms with Gasteiger partial charge in [0.05, 0.1) is 6.04 Å². The number of nitrogens with zero attached hydrogens (tertiary/aromatic N) is 1. The molecular weight excluding hydrogens is 202 g/mol. The van der Waals surface area contributed by atoms with Crippen molar-refractivity contribution in [3.05, 3.63) is 0 Å². The van der Waals surface area contributed by atoms with Crippen LogP contribution in [0.5, 0.6) is 0 Å². The Hall–Kier alpha value is -0.610. The van der Waals surface area contributed by atoms with E-state index in [1.54, 1.807) is 0 Å².